The third-order valence-electron chi connectivity index (χ3n) is 5.40. The van der Waals surface area contributed by atoms with E-state index in [9.17, 15) is 14.3 Å². The molecule has 0 radical (unpaired) electrons. The SMILES string of the molecule is C[C@@H]1CN(C[C@H]2CN(C(=O)Cc3cccc(F)c3)C[C@H]2CO)C[C@H](C)O1. The average Bonchev–Trinajstić information content (AvgIpc) is 2.97. The minimum Gasteiger partial charge on any atom is -0.396 e. The Morgan fingerprint density at radius 1 is 1.19 bits per heavy atom. The van der Waals surface area contributed by atoms with E-state index in [0.29, 0.717) is 18.7 Å². The Balaban J connectivity index is 1.58. The van der Waals surface area contributed by atoms with Gasteiger partial charge in [0.1, 0.15) is 5.82 Å². The number of likely N-dealkylation sites (tertiary alicyclic amines) is 1. The molecule has 0 bridgehead atoms. The predicted octanol–water partition coefficient (Wildman–Crippen LogP) is 1.54. The molecule has 1 N–H and O–H groups in total. The molecule has 2 saturated heterocycles. The summed E-state index contributed by atoms with van der Waals surface area (Å²) in [6, 6.07) is 6.19. The number of amides is 1. The summed E-state index contributed by atoms with van der Waals surface area (Å²) < 4.78 is 19.1. The van der Waals surface area contributed by atoms with Crippen LogP contribution in [0.25, 0.3) is 0 Å². The fraction of sp³-hybridized carbons (Fsp3) is 0.650. The van der Waals surface area contributed by atoms with Crippen molar-refractivity contribution in [2.75, 3.05) is 39.3 Å². The van der Waals surface area contributed by atoms with E-state index >= 15 is 0 Å². The Bertz CT molecular complexity index is 617. The van der Waals surface area contributed by atoms with Gasteiger partial charge in [0.05, 0.1) is 18.6 Å². The van der Waals surface area contributed by atoms with Crippen LogP contribution < -0.4 is 0 Å². The first kappa shape index (κ1) is 19.3. The number of ether oxygens (including phenoxy) is 1. The number of rotatable bonds is 5. The summed E-state index contributed by atoms with van der Waals surface area (Å²) >= 11 is 0. The minimum absolute atomic E-state index is 0.000244. The highest BCUT2D eigenvalue weighted by Crippen LogP contribution is 2.26. The van der Waals surface area contributed by atoms with E-state index in [1.807, 2.05) is 4.90 Å². The fourth-order valence-electron chi connectivity index (χ4n) is 4.25. The van der Waals surface area contributed by atoms with E-state index in [4.69, 9.17) is 4.74 Å². The number of benzene rings is 1. The molecular weight excluding hydrogens is 335 g/mol. The Kier molecular flexibility index (Phi) is 6.27. The third-order valence-corrected chi connectivity index (χ3v) is 5.40. The molecule has 2 heterocycles. The number of morpholine rings is 1. The summed E-state index contributed by atoms with van der Waals surface area (Å²) in [5.74, 6) is 0.0347. The van der Waals surface area contributed by atoms with Crippen LogP contribution in [-0.2, 0) is 16.0 Å². The lowest BCUT2D eigenvalue weighted by Gasteiger charge is -2.37. The molecular formula is C20H29FN2O3. The van der Waals surface area contributed by atoms with E-state index in [1.54, 1.807) is 12.1 Å². The fourth-order valence-corrected chi connectivity index (χ4v) is 4.25. The van der Waals surface area contributed by atoms with Crippen LogP contribution in [0.4, 0.5) is 4.39 Å². The summed E-state index contributed by atoms with van der Waals surface area (Å²) in [5.41, 5.74) is 0.690. The van der Waals surface area contributed by atoms with Crippen LogP contribution in [0.2, 0.25) is 0 Å². The zero-order valence-corrected chi connectivity index (χ0v) is 15.6. The van der Waals surface area contributed by atoms with Crippen molar-refractivity contribution < 1.29 is 19.0 Å². The summed E-state index contributed by atoms with van der Waals surface area (Å²) in [6.45, 7) is 8.11. The number of aliphatic hydroxyl groups excluding tert-OH is 1. The van der Waals surface area contributed by atoms with Crippen molar-refractivity contribution in [2.45, 2.75) is 32.5 Å². The molecule has 2 aliphatic heterocycles. The second-order valence-electron chi connectivity index (χ2n) is 7.78. The molecule has 2 aliphatic rings. The highest BCUT2D eigenvalue weighted by atomic mass is 19.1. The molecule has 5 nitrogen and oxygen atoms in total. The van der Waals surface area contributed by atoms with Crippen molar-refractivity contribution in [3.05, 3.63) is 35.6 Å². The van der Waals surface area contributed by atoms with Crippen LogP contribution in [0.1, 0.15) is 19.4 Å². The van der Waals surface area contributed by atoms with Gasteiger partial charge in [-0.2, -0.15) is 0 Å². The van der Waals surface area contributed by atoms with Gasteiger partial charge in [0, 0.05) is 45.2 Å². The lowest BCUT2D eigenvalue weighted by atomic mass is 9.96. The van der Waals surface area contributed by atoms with Gasteiger partial charge in [-0.25, -0.2) is 4.39 Å². The maximum Gasteiger partial charge on any atom is 0.227 e. The molecule has 1 amide bonds. The molecule has 0 aromatic heterocycles. The Morgan fingerprint density at radius 2 is 1.88 bits per heavy atom. The summed E-state index contributed by atoms with van der Waals surface area (Å²) in [4.78, 5) is 16.8. The smallest absolute Gasteiger partial charge is 0.227 e. The molecule has 0 aliphatic carbocycles. The summed E-state index contributed by atoms with van der Waals surface area (Å²) in [6.07, 6.45) is 0.616. The van der Waals surface area contributed by atoms with Crippen molar-refractivity contribution in [3.8, 4) is 0 Å². The van der Waals surface area contributed by atoms with E-state index in [1.165, 1.54) is 12.1 Å². The average molecular weight is 364 g/mol. The first-order chi connectivity index (χ1) is 12.4. The van der Waals surface area contributed by atoms with E-state index < -0.39 is 0 Å². The topological polar surface area (TPSA) is 53.0 Å². The van der Waals surface area contributed by atoms with Gasteiger partial charge in [0.15, 0.2) is 0 Å². The van der Waals surface area contributed by atoms with Crippen molar-refractivity contribution in [3.63, 3.8) is 0 Å². The van der Waals surface area contributed by atoms with Crippen LogP contribution in [0.5, 0.6) is 0 Å². The number of halogens is 1. The van der Waals surface area contributed by atoms with Gasteiger partial charge in [-0.05, 0) is 37.5 Å². The second-order valence-corrected chi connectivity index (χ2v) is 7.78. The van der Waals surface area contributed by atoms with Gasteiger partial charge in [-0.1, -0.05) is 12.1 Å². The van der Waals surface area contributed by atoms with Gasteiger partial charge < -0.3 is 14.7 Å². The van der Waals surface area contributed by atoms with Crippen molar-refractivity contribution in [1.82, 2.24) is 9.80 Å². The molecule has 6 heteroatoms. The first-order valence-electron chi connectivity index (χ1n) is 9.45. The van der Waals surface area contributed by atoms with Crippen LogP contribution in [0, 0.1) is 17.7 Å². The van der Waals surface area contributed by atoms with Crippen LogP contribution >= 0.6 is 0 Å². The molecule has 1 aromatic rings. The van der Waals surface area contributed by atoms with Gasteiger partial charge in [-0.3, -0.25) is 9.69 Å². The molecule has 1 aromatic carbocycles. The number of hydrogen-bond donors (Lipinski definition) is 1. The third kappa shape index (κ3) is 4.81. The highest BCUT2D eigenvalue weighted by Gasteiger charge is 2.36. The Labute approximate surface area is 154 Å². The quantitative estimate of drug-likeness (QED) is 0.861. The van der Waals surface area contributed by atoms with Crippen LogP contribution in [-0.4, -0.2) is 72.4 Å². The molecule has 144 valence electrons. The molecule has 26 heavy (non-hydrogen) atoms. The number of carbonyl (C=O) groups is 1. The van der Waals surface area contributed by atoms with Gasteiger partial charge in [0.2, 0.25) is 5.91 Å². The molecule has 0 unspecified atom stereocenters. The predicted molar refractivity (Wildman–Crippen MR) is 97.2 cm³/mol. The van der Waals surface area contributed by atoms with E-state index in [-0.39, 0.29) is 48.8 Å². The van der Waals surface area contributed by atoms with Crippen molar-refractivity contribution in [2.24, 2.45) is 11.8 Å². The zero-order valence-electron chi connectivity index (χ0n) is 15.6. The van der Waals surface area contributed by atoms with Crippen LogP contribution in [0.15, 0.2) is 24.3 Å². The Hall–Kier alpha value is -1.50. The molecule has 0 saturated carbocycles. The molecule has 0 spiro atoms. The maximum atomic E-state index is 13.3. The lowest BCUT2D eigenvalue weighted by molar-refractivity contribution is -0.129. The lowest BCUT2D eigenvalue weighted by Crippen LogP contribution is -2.48. The highest BCUT2D eigenvalue weighted by molar-refractivity contribution is 5.79. The maximum absolute atomic E-state index is 13.3. The number of hydrogen-bond acceptors (Lipinski definition) is 4. The zero-order chi connectivity index (χ0) is 18.7. The standard InChI is InChI=1S/C20H29FN2O3/c1-14-8-22(9-15(2)26-14)10-17-11-23(12-18(17)13-24)20(25)7-16-4-3-5-19(21)6-16/h3-6,14-15,17-18,24H,7-13H2,1-2H3/t14-,15+,17-,18-/m0/s1. The van der Waals surface area contributed by atoms with Gasteiger partial charge in [-0.15, -0.1) is 0 Å². The molecule has 3 rings (SSSR count). The van der Waals surface area contributed by atoms with Crippen molar-refractivity contribution >= 4 is 5.91 Å². The van der Waals surface area contributed by atoms with E-state index in [0.717, 1.165) is 19.6 Å². The normalized spacial score (nSPS) is 29.9. The molecule has 4 atom stereocenters. The number of carbonyl (C=O) groups excluding carboxylic acids is 1. The van der Waals surface area contributed by atoms with Gasteiger partial charge in [0.25, 0.3) is 0 Å². The largest absolute Gasteiger partial charge is 0.396 e. The number of nitrogens with zero attached hydrogens (tertiary/aromatic N) is 2. The molecule has 2 fully saturated rings. The summed E-state index contributed by atoms with van der Waals surface area (Å²) in [5, 5.41) is 9.76. The van der Waals surface area contributed by atoms with Gasteiger partial charge >= 0.3 is 0 Å². The number of aliphatic hydroxyl groups is 1. The monoisotopic (exact) mass is 364 g/mol. The first-order valence-corrected chi connectivity index (χ1v) is 9.45. The van der Waals surface area contributed by atoms with Crippen molar-refractivity contribution in [1.29, 1.82) is 0 Å². The summed E-state index contributed by atoms with van der Waals surface area (Å²) in [7, 11) is 0. The van der Waals surface area contributed by atoms with E-state index in [2.05, 4.69) is 18.7 Å². The van der Waals surface area contributed by atoms with Crippen LogP contribution in [0.3, 0.4) is 0 Å². The minimum atomic E-state index is -0.321. The second kappa shape index (κ2) is 8.46. The Morgan fingerprint density at radius 3 is 2.54 bits per heavy atom.